The van der Waals surface area contributed by atoms with Crippen molar-refractivity contribution in [2.45, 2.75) is 50.0 Å². The summed E-state index contributed by atoms with van der Waals surface area (Å²) in [5.74, 6) is -3.10. The van der Waals surface area contributed by atoms with E-state index in [4.69, 9.17) is 67.5 Å². The zero-order valence-corrected chi connectivity index (χ0v) is 40.0. The van der Waals surface area contributed by atoms with Crippen LogP contribution in [0.5, 0.6) is 11.5 Å². The molecular formula is C46H41Cl5N8O8. The van der Waals surface area contributed by atoms with Crippen LogP contribution < -0.4 is 30.7 Å². The van der Waals surface area contributed by atoms with Crippen molar-refractivity contribution in [1.29, 1.82) is 0 Å². The average Bonchev–Trinajstić information content (AvgIpc) is 3.29. The number of nitrogens with zero attached hydrogens (tertiary/aromatic N) is 4. The lowest BCUT2D eigenvalue weighted by atomic mass is 10.1. The summed E-state index contributed by atoms with van der Waals surface area (Å²) in [5, 5.41) is 26.3. The molecule has 0 bridgehead atoms. The van der Waals surface area contributed by atoms with Gasteiger partial charge in [0.2, 0.25) is 12.1 Å². The van der Waals surface area contributed by atoms with Crippen LogP contribution in [0, 0.1) is 0 Å². The number of carbonyl (C=O) groups excluding carboxylic acids is 6. The molecule has 5 aromatic carbocycles. The third-order valence-corrected chi connectivity index (χ3v) is 11.1. The second kappa shape index (κ2) is 23.8. The molecular weight excluding hydrogens is 970 g/mol. The van der Waals surface area contributed by atoms with Crippen molar-refractivity contribution in [3.63, 3.8) is 0 Å². The highest BCUT2D eigenvalue weighted by molar-refractivity contribution is 6.35. The Balaban J connectivity index is 1.28. The van der Waals surface area contributed by atoms with Gasteiger partial charge >= 0.3 is 0 Å². The topological polar surface area (TPSA) is 218 Å². The minimum absolute atomic E-state index is 0.0285. The van der Waals surface area contributed by atoms with Gasteiger partial charge in [0, 0.05) is 33.9 Å². The zero-order valence-electron chi connectivity index (χ0n) is 36.3. The summed E-state index contributed by atoms with van der Waals surface area (Å²) in [6.45, 7) is 3.92. The van der Waals surface area contributed by atoms with E-state index in [0.29, 0.717) is 39.6 Å². The molecule has 0 aromatic heterocycles. The van der Waals surface area contributed by atoms with Gasteiger partial charge in [-0.2, -0.15) is 20.5 Å². The van der Waals surface area contributed by atoms with Crippen molar-refractivity contribution in [1.82, 2.24) is 0 Å². The first kappa shape index (κ1) is 51.6. The Morgan fingerprint density at radius 3 is 1.43 bits per heavy atom. The van der Waals surface area contributed by atoms with Gasteiger partial charge in [-0.15, -0.1) is 34.8 Å². The van der Waals surface area contributed by atoms with Crippen molar-refractivity contribution in [2.75, 3.05) is 35.5 Å². The van der Waals surface area contributed by atoms with E-state index in [1.807, 2.05) is 0 Å². The number of azo groups is 2. The van der Waals surface area contributed by atoms with Crippen LogP contribution in [0.3, 0.4) is 0 Å². The molecule has 0 saturated heterocycles. The van der Waals surface area contributed by atoms with Crippen molar-refractivity contribution in [3.8, 4) is 11.5 Å². The van der Waals surface area contributed by atoms with Crippen molar-refractivity contribution < 1.29 is 38.2 Å². The quantitative estimate of drug-likeness (QED) is 0.0353. The van der Waals surface area contributed by atoms with Crippen LogP contribution in [-0.4, -0.2) is 61.5 Å². The van der Waals surface area contributed by atoms with Gasteiger partial charge in [0.15, 0.2) is 11.6 Å². The molecule has 67 heavy (non-hydrogen) atoms. The molecule has 5 rings (SSSR count). The van der Waals surface area contributed by atoms with Gasteiger partial charge in [-0.3, -0.25) is 28.8 Å². The standard InChI is InChI=1S/C46H41Cl5N8O8/c1-23(49)29-18-26(52-45(64)41(24(2)60)58-56-27-12-15-34(50)30(19-27)43(62)53-36-8-6-10-39(66-4)32(36)21-47)14-17-38(29)55-46(65)42(25(3)61)59-57-28-13-16-35(51)31(20-28)44(63)54-37-9-7-11-40(67-5)33(37)22-48/h6-20,23,41-42H,21-22H2,1-5H3,(H,52,64)(H,53,62)(H,54,63)(H,55,65). The molecule has 348 valence electrons. The second-order valence-corrected chi connectivity index (χ2v) is 16.3. The van der Waals surface area contributed by atoms with E-state index in [9.17, 15) is 28.8 Å². The number of hydrogen-bond donors (Lipinski definition) is 4. The lowest BCUT2D eigenvalue weighted by Gasteiger charge is -2.17. The van der Waals surface area contributed by atoms with Gasteiger partial charge in [-0.25, -0.2) is 0 Å². The number of methoxy groups -OCH3 is 2. The molecule has 0 fully saturated rings. The maximum atomic E-state index is 13.5. The number of nitrogens with one attached hydrogen (secondary N) is 4. The molecule has 0 aliphatic carbocycles. The molecule has 16 nitrogen and oxygen atoms in total. The highest BCUT2D eigenvalue weighted by atomic mass is 35.5. The molecule has 3 unspecified atom stereocenters. The number of hydrogen-bond acceptors (Lipinski definition) is 12. The summed E-state index contributed by atoms with van der Waals surface area (Å²) in [6.07, 6.45) is 0. The smallest absolute Gasteiger partial charge is 0.258 e. The predicted octanol–water partition coefficient (Wildman–Crippen LogP) is 11.7. The number of ketones is 2. The molecule has 3 atom stereocenters. The van der Waals surface area contributed by atoms with Crippen molar-refractivity contribution >= 4 is 127 Å². The highest BCUT2D eigenvalue weighted by Gasteiger charge is 2.27. The van der Waals surface area contributed by atoms with Gasteiger partial charge in [0.25, 0.3) is 23.6 Å². The molecule has 0 spiro atoms. The molecule has 0 radical (unpaired) electrons. The maximum absolute atomic E-state index is 13.5. The van der Waals surface area contributed by atoms with Crippen LogP contribution >= 0.6 is 58.0 Å². The maximum Gasteiger partial charge on any atom is 0.258 e. The normalized spacial score (nSPS) is 12.5. The number of Topliss-reactive ketones (excluding diaryl/α,β-unsaturated/α-hetero) is 2. The van der Waals surface area contributed by atoms with Gasteiger partial charge < -0.3 is 30.7 Å². The minimum Gasteiger partial charge on any atom is -0.496 e. The highest BCUT2D eigenvalue weighted by Crippen LogP contribution is 2.34. The number of anilines is 4. The van der Waals surface area contributed by atoms with Crippen LogP contribution in [0.2, 0.25) is 10.0 Å². The number of amides is 4. The van der Waals surface area contributed by atoms with E-state index in [2.05, 4.69) is 41.7 Å². The summed E-state index contributed by atoms with van der Waals surface area (Å²) in [7, 11) is 2.96. The van der Waals surface area contributed by atoms with Gasteiger partial charge in [-0.1, -0.05) is 35.3 Å². The molecule has 0 aliphatic rings. The molecule has 4 amide bonds. The molecule has 0 saturated carbocycles. The Morgan fingerprint density at radius 2 is 1.03 bits per heavy atom. The molecule has 0 heterocycles. The second-order valence-electron chi connectivity index (χ2n) is 14.3. The third kappa shape index (κ3) is 13.1. The zero-order chi connectivity index (χ0) is 48.9. The van der Waals surface area contributed by atoms with E-state index >= 15 is 0 Å². The monoisotopic (exact) mass is 1010 g/mol. The lowest BCUT2D eigenvalue weighted by Crippen LogP contribution is -2.32. The fraction of sp³-hybridized carbons (Fsp3) is 0.217. The Morgan fingerprint density at radius 1 is 0.582 bits per heavy atom. The Bertz CT molecular complexity index is 2790. The van der Waals surface area contributed by atoms with E-state index in [-0.39, 0.29) is 55.7 Å². The number of benzene rings is 5. The van der Waals surface area contributed by atoms with Crippen molar-refractivity contribution in [3.05, 3.63) is 129 Å². The van der Waals surface area contributed by atoms with Crippen LogP contribution in [0.4, 0.5) is 34.1 Å². The van der Waals surface area contributed by atoms with Gasteiger partial charge in [-0.05, 0) is 105 Å². The van der Waals surface area contributed by atoms with E-state index in [1.54, 1.807) is 43.3 Å². The van der Waals surface area contributed by atoms with E-state index in [0.717, 1.165) is 13.8 Å². The molecule has 21 heteroatoms. The summed E-state index contributed by atoms with van der Waals surface area (Å²) in [4.78, 5) is 78.9. The number of ether oxygens (including phenoxy) is 2. The number of halogens is 5. The lowest BCUT2D eigenvalue weighted by molar-refractivity contribution is -0.127. The van der Waals surface area contributed by atoms with E-state index < -0.39 is 52.7 Å². The van der Waals surface area contributed by atoms with Crippen LogP contribution in [0.15, 0.2) is 111 Å². The SMILES string of the molecule is COc1cccc(NC(=O)c2cc(N=NC(C(C)=O)C(=O)Nc3ccc(NC(=O)C(N=Nc4ccc(Cl)c(C(=O)Nc5cccc(OC)c5CCl)c4)C(C)=O)c(C(C)Cl)c3)ccc2Cl)c1CCl. The summed E-state index contributed by atoms with van der Waals surface area (Å²) in [6, 6.07) is 19.6. The van der Waals surface area contributed by atoms with Gasteiger partial charge in [0.1, 0.15) is 11.5 Å². The number of alkyl halides is 3. The van der Waals surface area contributed by atoms with Gasteiger partial charge in [0.05, 0.1) is 63.9 Å². The fourth-order valence-electron chi connectivity index (χ4n) is 6.28. The average molecular weight is 1010 g/mol. The Labute approximate surface area is 409 Å². The summed E-state index contributed by atoms with van der Waals surface area (Å²) in [5.41, 5.74) is 2.90. The fourth-order valence-corrected chi connectivity index (χ4v) is 7.42. The Kier molecular flexibility index (Phi) is 18.3. The van der Waals surface area contributed by atoms with Crippen LogP contribution in [-0.2, 0) is 30.9 Å². The van der Waals surface area contributed by atoms with Crippen molar-refractivity contribution in [2.24, 2.45) is 20.5 Å². The predicted molar refractivity (Wildman–Crippen MR) is 260 cm³/mol. The Hall–Kier alpha value is -6.43. The largest absolute Gasteiger partial charge is 0.496 e. The number of rotatable bonds is 19. The van der Waals surface area contributed by atoms with Crippen LogP contribution in [0.25, 0.3) is 0 Å². The van der Waals surface area contributed by atoms with Crippen LogP contribution in [0.1, 0.15) is 63.6 Å². The first-order chi connectivity index (χ1) is 32.0. The molecule has 0 aliphatic heterocycles. The summed E-state index contributed by atoms with van der Waals surface area (Å²) < 4.78 is 10.7. The first-order valence-electron chi connectivity index (χ1n) is 19.9. The van der Waals surface area contributed by atoms with E-state index in [1.165, 1.54) is 68.8 Å². The number of carbonyl (C=O) groups is 6. The molecule has 5 aromatic rings. The summed E-state index contributed by atoms with van der Waals surface area (Å²) >= 11 is 31.4. The minimum atomic E-state index is -1.63. The molecule has 4 N–H and O–H groups in total. The first-order valence-corrected chi connectivity index (χ1v) is 22.1. The third-order valence-electron chi connectivity index (χ3n) is 9.71.